The van der Waals surface area contributed by atoms with Crippen LogP contribution in [0.5, 0.6) is 0 Å². The lowest BCUT2D eigenvalue weighted by Gasteiger charge is -2.28. The lowest BCUT2D eigenvalue weighted by atomic mass is 9.89. The van der Waals surface area contributed by atoms with Crippen molar-refractivity contribution in [3.63, 3.8) is 0 Å². The lowest BCUT2D eigenvalue weighted by molar-refractivity contribution is -0.148. The van der Waals surface area contributed by atoms with Crippen molar-refractivity contribution in [2.24, 2.45) is 5.92 Å². The predicted molar refractivity (Wildman–Crippen MR) is 56.4 cm³/mol. The van der Waals surface area contributed by atoms with Gasteiger partial charge in [-0.15, -0.1) is 0 Å². The van der Waals surface area contributed by atoms with Gasteiger partial charge in [0.2, 0.25) is 5.91 Å². The summed E-state index contributed by atoms with van der Waals surface area (Å²) in [5, 5.41) is 11.9. The van der Waals surface area contributed by atoms with Crippen LogP contribution in [0, 0.1) is 5.92 Å². The van der Waals surface area contributed by atoms with Gasteiger partial charge in [0, 0.05) is 6.92 Å². The topological polar surface area (TPSA) is 66.4 Å². The Labute approximate surface area is 90.0 Å². The van der Waals surface area contributed by atoms with Gasteiger partial charge in [-0.3, -0.25) is 4.79 Å². The molecule has 0 aromatic rings. The number of carbonyl (C=O) groups excluding carboxylic acids is 1. The van der Waals surface area contributed by atoms with Crippen LogP contribution in [0.3, 0.4) is 0 Å². The maximum absolute atomic E-state index is 11.3. The zero-order valence-corrected chi connectivity index (χ0v) is 9.38. The first-order chi connectivity index (χ1) is 6.96. The monoisotopic (exact) mass is 213 g/mol. The Kier molecular flexibility index (Phi) is 3.72. The second kappa shape index (κ2) is 4.64. The van der Waals surface area contributed by atoms with Crippen LogP contribution in [0.15, 0.2) is 0 Å². The van der Waals surface area contributed by atoms with Gasteiger partial charge in [-0.2, -0.15) is 0 Å². The van der Waals surface area contributed by atoms with Crippen LogP contribution in [0.1, 0.15) is 46.0 Å². The van der Waals surface area contributed by atoms with Crippen molar-refractivity contribution in [2.75, 3.05) is 0 Å². The van der Waals surface area contributed by atoms with Crippen molar-refractivity contribution < 1.29 is 14.7 Å². The van der Waals surface area contributed by atoms with E-state index in [1.165, 1.54) is 6.92 Å². The number of carboxylic acids is 1. The number of rotatable bonds is 2. The molecular formula is C11H19NO3. The molecule has 2 unspecified atom stereocenters. The maximum atomic E-state index is 11.3. The molecule has 0 aliphatic heterocycles. The van der Waals surface area contributed by atoms with Gasteiger partial charge in [0.1, 0.15) is 5.54 Å². The highest BCUT2D eigenvalue weighted by atomic mass is 16.4. The Morgan fingerprint density at radius 3 is 2.53 bits per heavy atom. The number of carbonyl (C=O) groups is 2. The van der Waals surface area contributed by atoms with Crippen molar-refractivity contribution in [3.05, 3.63) is 0 Å². The van der Waals surface area contributed by atoms with Gasteiger partial charge >= 0.3 is 5.97 Å². The van der Waals surface area contributed by atoms with Crippen LogP contribution in [-0.4, -0.2) is 22.5 Å². The molecule has 4 heteroatoms. The fraction of sp³-hybridized carbons (Fsp3) is 0.818. The Hall–Kier alpha value is -1.06. The molecule has 4 nitrogen and oxygen atoms in total. The molecule has 0 heterocycles. The number of carboxylic acid groups (broad SMARTS) is 1. The van der Waals surface area contributed by atoms with E-state index in [1.807, 2.05) is 0 Å². The Balaban J connectivity index is 2.80. The van der Waals surface area contributed by atoms with Gasteiger partial charge in [-0.25, -0.2) is 4.79 Å². The molecule has 0 aromatic carbocycles. The quantitative estimate of drug-likeness (QED) is 0.684. The lowest BCUT2D eigenvalue weighted by Crippen LogP contribution is -2.53. The van der Waals surface area contributed by atoms with Crippen molar-refractivity contribution in [1.29, 1.82) is 0 Å². The van der Waals surface area contributed by atoms with E-state index >= 15 is 0 Å². The summed E-state index contributed by atoms with van der Waals surface area (Å²) in [6.45, 7) is 3.50. The minimum atomic E-state index is -1.02. The van der Waals surface area contributed by atoms with Crippen LogP contribution < -0.4 is 5.32 Å². The first kappa shape index (κ1) is 12.0. The van der Waals surface area contributed by atoms with E-state index in [1.54, 1.807) is 0 Å². The molecule has 15 heavy (non-hydrogen) atoms. The van der Waals surface area contributed by atoms with E-state index in [0.717, 1.165) is 19.3 Å². The van der Waals surface area contributed by atoms with Crippen LogP contribution >= 0.6 is 0 Å². The summed E-state index contributed by atoms with van der Waals surface area (Å²) >= 11 is 0. The molecule has 0 saturated heterocycles. The molecule has 0 aromatic heterocycles. The van der Waals surface area contributed by atoms with Crippen LogP contribution in [0.4, 0.5) is 0 Å². The number of nitrogens with one attached hydrogen (secondary N) is 1. The highest BCUT2D eigenvalue weighted by Gasteiger charge is 2.40. The number of hydrogen-bond donors (Lipinski definition) is 2. The zero-order valence-electron chi connectivity index (χ0n) is 9.38. The number of aliphatic carboxylic acids is 1. The standard InChI is InChI=1S/C11H19NO3/c1-8-4-3-6-11(7-5-8,10(14)15)12-9(2)13/h8H,3-7H2,1-2H3,(H,12,13)(H,14,15). The highest BCUT2D eigenvalue weighted by molar-refractivity contribution is 5.85. The number of hydrogen-bond acceptors (Lipinski definition) is 2. The van der Waals surface area contributed by atoms with Crippen LogP contribution in [-0.2, 0) is 9.59 Å². The normalized spacial score (nSPS) is 31.7. The zero-order chi connectivity index (χ0) is 11.5. The van der Waals surface area contributed by atoms with E-state index in [2.05, 4.69) is 12.2 Å². The van der Waals surface area contributed by atoms with Crippen molar-refractivity contribution >= 4 is 11.9 Å². The van der Waals surface area contributed by atoms with E-state index in [4.69, 9.17) is 0 Å². The second-order valence-electron chi connectivity index (χ2n) is 4.60. The third-order valence-electron chi connectivity index (χ3n) is 3.19. The molecule has 1 aliphatic rings. The average Bonchev–Trinajstić information content (AvgIpc) is 2.28. The molecule has 2 N–H and O–H groups in total. The van der Waals surface area contributed by atoms with Gasteiger partial charge in [0.15, 0.2) is 0 Å². The summed E-state index contributed by atoms with van der Waals surface area (Å²) < 4.78 is 0. The summed E-state index contributed by atoms with van der Waals surface area (Å²) in [5.41, 5.74) is -1.02. The second-order valence-corrected chi connectivity index (χ2v) is 4.60. The third kappa shape index (κ3) is 2.94. The van der Waals surface area contributed by atoms with Crippen LogP contribution in [0.25, 0.3) is 0 Å². The van der Waals surface area contributed by atoms with E-state index < -0.39 is 11.5 Å². The van der Waals surface area contributed by atoms with E-state index in [-0.39, 0.29) is 5.91 Å². The summed E-state index contributed by atoms with van der Waals surface area (Å²) in [6.07, 6.45) is 3.88. The van der Waals surface area contributed by atoms with Crippen LogP contribution in [0.2, 0.25) is 0 Å². The molecule has 0 spiro atoms. The van der Waals surface area contributed by atoms with Crippen molar-refractivity contribution in [2.45, 2.75) is 51.5 Å². The molecule has 1 rings (SSSR count). The average molecular weight is 213 g/mol. The Morgan fingerprint density at radius 1 is 1.33 bits per heavy atom. The number of amides is 1. The third-order valence-corrected chi connectivity index (χ3v) is 3.19. The predicted octanol–water partition coefficient (Wildman–Crippen LogP) is 1.55. The highest BCUT2D eigenvalue weighted by Crippen LogP contribution is 2.30. The largest absolute Gasteiger partial charge is 0.480 e. The first-order valence-electron chi connectivity index (χ1n) is 5.48. The summed E-state index contributed by atoms with van der Waals surface area (Å²) in [7, 11) is 0. The fourth-order valence-electron chi connectivity index (χ4n) is 2.24. The van der Waals surface area contributed by atoms with Gasteiger partial charge in [0.05, 0.1) is 0 Å². The van der Waals surface area contributed by atoms with Gasteiger partial charge in [-0.1, -0.05) is 19.8 Å². The molecule has 86 valence electrons. The summed E-state index contributed by atoms with van der Waals surface area (Å²) in [4.78, 5) is 22.3. The molecule has 1 fully saturated rings. The molecule has 0 radical (unpaired) electrons. The van der Waals surface area contributed by atoms with Gasteiger partial charge < -0.3 is 10.4 Å². The van der Waals surface area contributed by atoms with Crippen molar-refractivity contribution in [3.8, 4) is 0 Å². The van der Waals surface area contributed by atoms with E-state index in [0.29, 0.717) is 18.8 Å². The smallest absolute Gasteiger partial charge is 0.329 e. The minimum Gasteiger partial charge on any atom is -0.480 e. The maximum Gasteiger partial charge on any atom is 0.329 e. The Morgan fingerprint density at radius 2 is 2.00 bits per heavy atom. The SMILES string of the molecule is CC(=O)NC1(C(=O)O)CCCC(C)CC1. The molecule has 1 saturated carbocycles. The molecule has 2 atom stereocenters. The fourth-order valence-corrected chi connectivity index (χ4v) is 2.24. The molecule has 1 aliphatic carbocycles. The summed E-state index contributed by atoms with van der Waals surface area (Å²) in [5.74, 6) is -0.598. The Bertz CT molecular complexity index is 265. The summed E-state index contributed by atoms with van der Waals surface area (Å²) in [6, 6.07) is 0. The molecular weight excluding hydrogens is 194 g/mol. The first-order valence-corrected chi connectivity index (χ1v) is 5.48. The van der Waals surface area contributed by atoms with Crippen molar-refractivity contribution in [1.82, 2.24) is 5.32 Å². The molecule has 0 bridgehead atoms. The minimum absolute atomic E-state index is 0.257. The van der Waals surface area contributed by atoms with E-state index in [9.17, 15) is 14.7 Å². The molecule has 1 amide bonds. The van der Waals surface area contributed by atoms with Gasteiger partial charge in [0.25, 0.3) is 0 Å². The van der Waals surface area contributed by atoms with Gasteiger partial charge in [-0.05, 0) is 25.2 Å².